The number of fused-ring (bicyclic) bond motifs is 3. The van der Waals surface area contributed by atoms with E-state index in [1.807, 2.05) is 0 Å². The highest BCUT2D eigenvalue weighted by molar-refractivity contribution is 9.10. The maximum absolute atomic E-state index is 14.0. The van der Waals surface area contributed by atoms with Crippen LogP contribution in [-0.4, -0.2) is 29.0 Å². The number of hydrogen-bond donors (Lipinski definition) is 0. The van der Waals surface area contributed by atoms with Gasteiger partial charge in [-0.2, -0.15) is 0 Å². The fraction of sp³-hybridized carbons (Fsp3) is 0.154. The van der Waals surface area contributed by atoms with Gasteiger partial charge in [-0.25, -0.2) is 9.29 Å². The van der Waals surface area contributed by atoms with Gasteiger partial charge in [-0.1, -0.05) is 58.4 Å². The minimum Gasteiger partial charge on any atom is -0.349 e. The number of amides is 2. The van der Waals surface area contributed by atoms with Crippen LogP contribution in [0.2, 0.25) is 0 Å². The minimum absolute atomic E-state index is 0.0458. The van der Waals surface area contributed by atoms with Crippen LogP contribution < -0.4 is 4.90 Å². The first kappa shape index (κ1) is 21.1. The molecule has 2 amide bonds. The van der Waals surface area contributed by atoms with Crippen molar-refractivity contribution in [3.63, 3.8) is 0 Å². The van der Waals surface area contributed by atoms with Gasteiger partial charge in [0.15, 0.2) is 0 Å². The van der Waals surface area contributed by atoms with E-state index in [4.69, 9.17) is 4.74 Å². The molecule has 6 nitrogen and oxygen atoms in total. The van der Waals surface area contributed by atoms with E-state index in [2.05, 4.69) is 15.9 Å². The van der Waals surface area contributed by atoms with Crippen LogP contribution in [0.3, 0.4) is 0 Å². The molecule has 2 heterocycles. The molecule has 6 rings (SSSR count). The molecule has 168 valence electrons. The summed E-state index contributed by atoms with van der Waals surface area (Å²) in [5, 5.41) is 0. The molecule has 2 fully saturated rings. The molecule has 0 saturated carbocycles. The van der Waals surface area contributed by atoms with Crippen LogP contribution in [0.25, 0.3) is 0 Å². The number of anilines is 1. The monoisotopic (exact) mass is 519 g/mol. The Labute approximate surface area is 201 Å². The molecular formula is C26H15BrFNO5. The third-order valence-electron chi connectivity index (χ3n) is 6.78. The molecule has 2 aliphatic heterocycles. The lowest BCUT2D eigenvalue weighted by atomic mass is 9.77. The SMILES string of the molecule is O=C1[C@@H]2[C@@H](C(=O)N1c1cccc(F)c1)C1(O[C@H]2c2ccc(Br)cc2)C(=O)c2ccccc2C1=O. The van der Waals surface area contributed by atoms with Crippen molar-refractivity contribution in [3.8, 4) is 0 Å². The van der Waals surface area contributed by atoms with E-state index < -0.39 is 52.7 Å². The van der Waals surface area contributed by atoms with Crippen LogP contribution in [0.4, 0.5) is 10.1 Å². The highest BCUT2D eigenvalue weighted by atomic mass is 79.9. The van der Waals surface area contributed by atoms with Gasteiger partial charge in [0.1, 0.15) is 5.82 Å². The van der Waals surface area contributed by atoms with Crippen molar-refractivity contribution in [2.45, 2.75) is 11.7 Å². The zero-order chi connectivity index (χ0) is 23.8. The summed E-state index contributed by atoms with van der Waals surface area (Å²) in [5.41, 5.74) is -1.24. The van der Waals surface area contributed by atoms with Gasteiger partial charge in [0, 0.05) is 15.6 Å². The lowest BCUT2D eigenvalue weighted by molar-refractivity contribution is -0.127. The lowest BCUT2D eigenvalue weighted by Crippen LogP contribution is -2.51. The number of benzene rings is 3. The van der Waals surface area contributed by atoms with E-state index in [-0.39, 0.29) is 16.8 Å². The number of Topliss-reactive ketones (excluding diaryl/α,β-unsaturated/α-hetero) is 2. The molecule has 0 N–H and O–H groups in total. The summed E-state index contributed by atoms with van der Waals surface area (Å²) < 4.78 is 20.9. The maximum atomic E-state index is 14.0. The Hall–Kier alpha value is -3.49. The molecule has 0 bridgehead atoms. The minimum atomic E-state index is -2.15. The molecule has 3 aromatic carbocycles. The molecule has 34 heavy (non-hydrogen) atoms. The Balaban J connectivity index is 1.55. The Kier molecular flexibility index (Phi) is 4.49. The third-order valence-corrected chi connectivity index (χ3v) is 7.31. The molecular weight excluding hydrogens is 505 g/mol. The smallest absolute Gasteiger partial charge is 0.241 e. The maximum Gasteiger partial charge on any atom is 0.241 e. The first-order valence-corrected chi connectivity index (χ1v) is 11.4. The van der Waals surface area contributed by atoms with Crippen LogP contribution in [0.5, 0.6) is 0 Å². The number of halogens is 2. The lowest BCUT2D eigenvalue weighted by Gasteiger charge is -2.27. The zero-order valence-electron chi connectivity index (χ0n) is 17.4. The topological polar surface area (TPSA) is 80.8 Å². The quantitative estimate of drug-likeness (QED) is 0.372. The number of ether oxygens (including phenoxy) is 1. The first-order chi connectivity index (χ1) is 16.3. The summed E-state index contributed by atoms with van der Waals surface area (Å²) in [4.78, 5) is 55.6. The Morgan fingerprint density at radius 1 is 0.824 bits per heavy atom. The largest absolute Gasteiger partial charge is 0.349 e. The van der Waals surface area contributed by atoms with Gasteiger partial charge in [0.05, 0.1) is 23.6 Å². The summed E-state index contributed by atoms with van der Waals surface area (Å²) in [5.74, 6) is -5.78. The molecule has 3 aromatic rings. The molecule has 1 spiro atoms. The summed E-state index contributed by atoms with van der Waals surface area (Å²) in [6.07, 6.45) is -1.02. The molecule has 0 aromatic heterocycles. The van der Waals surface area contributed by atoms with Gasteiger partial charge in [0.25, 0.3) is 0 Å². The summed E-state index contributed by atoms with van der Waals surface area (Å²) in [6, 6.07) is 18.3. The third kappa shape index (κ3) is 2.63. The molecule has 0 radical (unpaired) electrons. The normalized spacial score (nSPS) is 24.8. The van der Waals surface area contributed by atoms with Crippen LogP contribution in [0.1, 0.15) is 32.4 Å². The number of hydrogen-bond acceptors (Lipinski definition) is 5. The van der Waals surface area contributed by atoms with Gasteiger partial charge in [0.2, 0.25) is 29.0 Å². The molecule has 0 unspecified atom stereocenters. The van der Waals surface area contributed by atoms with E-state index in [1.54, 1.807) is 36.4 Å². The van der Waals surface area contributed by atoms with Gasteiger partial charge < -0.3 is 4.74 Å². The highest BCUT2D eigenvalue weighted by Gasteiger charge is 2.74. The van der Waals surface area contributed by atoms with E-state index in [0.717, 1.165) is 15.4 Å². The van der Waals surface area contributed by atoms with Gasteiger partial charge in [-0.15, -0.1) is 0 Å². The van der Waals surface area contributed by atoms with Crippen molar-refractivity contribution < 1.29 is 28.3 Å². The predicted molar refractivity (Wildman–Crippen MR) is 122 cm³/mol. The Bertz CT molecular complexity index is 1380. The highest BCUT2D eigenvalue weighted by Crippen LogP contribution is 2.57. The second-order valence-corrected chi connectivity index (χ2v) is 9.44. The number of rotatable bonds is 2. The number of carbonyl (C=O) groups is 4. The molecule has 3 aliphatic rings. The second-order valence-electron chi connectivity index (χ2n) is 8.52. The standard InChI is InChI=1S/C26H15BrFNO5/c27-14-10-8-13(9-11-14)21-19-20(25(33)29(24(19)32)16-5-3-4-15(28)12-16)26(34-21)22(30)17-6-1-2-7-18(17)23(26)31/h1-12,19-21H/t19-,20+,21+/m1/s1. The molecule has 8 heteroatoms. The second kappa shape index (κ2) is 7.25. The van der Waals surface area contributed by atoms with Crippen LogP contribution >= 0.6 is 15.9 Å². The van der Waals surface area contributed by atoms with Gasteiger partial charge >= 0.3 is 0 Å². The average Bonchev–Trinajstić information content (AvgIpc) is 3.40. The van der Waals surface area contributed by atoms with Crippen molar-refractivity contribution in [2.75, 3.05) is 4.90 Å². The first-order valence-electron chi connectivity index (χ1n) is 10.6. The Morgan fingerprint density at radius 2 is 1.47 bits per heavy atom. The fourth-order valence-electron chi connectivity index (χ4n) is 5.34. The van der Waals surface area contributed by atoms with Crippen molar-refractivity contribution in [1.29, 1.82) is 0 Å². The Morgan fingerprint density at radius 3 is 2.09 bits per heavy atom. The van der Waals surface area contributed by atoms with Crippen molar-refractivity contribution >= 4 is 45.0 Å². The predicted octanol–water partition coefficient (Wildman–Crippen LogP) is 4.28. The van der Waals surface area contributed by atoms with Gasteiger partial charge in [-0.05, 0) is 35.9 Å². The van der Waals surface area contributed by atoms with E-state index in [9.17, 15) is 23.6 Å². The number of imide groups is 1. The summed E-state index contributed by atoms with van der Waals surface area (Å²) in [7, 11) is 0. The van der Waals surface area contributed by atoms with Crippen molar-refractivity contribution in [1.82, 2.24) is 0 Å². The number of carbonyl (C=O) groups excluding carboxylic acids is 4. The summed E-state index contributed by atoms with van der Waals surface area (Å²) >= 11 is 3.36. The average molecular weight is 520 g/mol. The van der Waals surface area contributed by atoms with Gasteiger partial charge in [-0.3, -0.25) is 19.2 Å². The van der Waals surface area contributed by atoms with Crippen LogP contribution in [0, 0.1) is 17.7 Å². The van der Waals surface area contributed by atoms with Crippen LogP contribution in [-0.2, 0) is 14.3 Å². The summed E-state index contributed by atoms with van der Waals surface area (Å²) in [6.45, 7) is 0. The molecule has 2 saturated heterocycles. The molecule has 3 atom stereocenters. The number of nitrogens with zero attached hydrogens (tertiary/aromatic N) is 1. The zero-order valence-corrected chi connectivity index (χ0v) is 19.0. The van der Waals surface area contributed by atoms with Crippen molar-refractivity contribution in [2.24, 2.45) is 11.8 Å². The van der Waals surface area contributed by atoms with E-state index >= 15 is 0 Å². The van der Waals surface area contributed by atoms with Crippen molar-refractivity contribution in [3.05, 3.63) is 99.8 Å². The number of ketones is 2. The fourth-order valence-corrected chi connectivity index (χ4v) is 5.60. The van der Waals surface area contributed by atoms with E-state index in [0.29, 0.717) is 5.56 Å². The molecule has 1 aliphatic carbocycles. The van der Waals surface area contributed by atoms with Crippen LogP contribution in [0.15, 0.2) is 77.3 Å². The van der Waals surface area contributed by atoms with E-state index in [1.165, 1.54) is 30.3 Å².